The third-order valence-electron chi connectivity index (χ3n) is 1.76. The average Bonchev–Trinajstić information content (AvgIpc) is 2.46. The smallest absolute Gasteiger partial charge is 0.0929 e. The Labute approximate surface area is 52.7 Å². The maximum atomic E-state index is 9.43. The van der Waals surface area contributed by atoms with E-state index in [9.17, 15) is 5.11 Å². The molecule has 1 aliphatic rings. The van der Waals surface area contributed by atoms with Gasteiger partial charge in [0.15, 0.2) is 0 Å². The van der Waals surface area contributed by atoms with Gasteiger partial charge in [-0.2, -0.15) is 5.10 Å². The first-order valence-electron chi connectivity index (χ1n) is 3.03. The minimum absolute atomic E-state index is 0.521. The van der Waals surface area contributed by atoms with E-state index in [1.807, 2.05) is 0 Å². The van der Waals surface area contributed by atoms with Crippen LogP contribution in [0.25, 0.3) is 0 Å². The quantitative estimate of drug-likeness (QED) is 0.569. The molecule has 0 aliphatic heterocycles. The molecule has 0 unspecified atom stereocenters. The van der Waals surface area contributed by atoms with Crippen molar-refractivity contribution in [3.63, 3.8) is 0 Å². The van der Waals surface area contributed by atoms with Crippen LogP contribution in [0, 0.1) is 0 Å². The lowest BCUT2D eigenvalue weighted by Gasteiger charge is -1.99. The summed E-state index contributed by atoms with van der Waals surface area (Å²) in [7, 11) is 0. The van der Waals surface area contributed by atoms with E-state index in [1.54, 1.807) is 12.4 Å². The number of aromatic amines is 1. The van der Waals surface area contributed by atoms with Crippen LogP contribution in [0.4, 0.5) is 0 Å². The van der Waals surface area contributed by atoms with Crippen molar-refractivity contribution in [2.75, 3.05) is 0 Å². The number of rotatable bonds is 1. The predicted molar refractivity (Wildman–Crippen MR) is 31.7 cm³/mol. The molecule has 3 heteroatoms. The molecule has 0 radical (unpaired) electrons. The molecule has 3 nitrogen and oxygen atoms in total. The molecule has 9 heavy (non-hydrogen) atoms. The van der Waals surface area contributed by atoms with Gasteiger partial charge in [-0.3, -0.25) is 5.10 Å². The summed E-state index contributed by atoms with van der Waals surface area (Å²) in [4.78, 5) is 0. The van der Waals surface area contributed by atoms with E-state index in [0.29, 0.717) is 0 Å². The Bertz CT molecular complexity index is 201. The van der Waals surface area contributed by atoms with Crippen molar-refractivity contribution in [3.05, 3.63) is 18.0 Å². The lowest BCUT2D eigenvalue weighted by molar-refractivity contribution is 0.151. The summed E-state index contributed by atoms with van der Waals surface area (Å²) in [5.74, 6) is 0. The van der Waals surface area contributed by atoms with Crippen LogP contribution in [0.15, 0.2) is 12.4 Å². The van der Waals surface area contributed by atoms with E-state index in [-0.39, 0.29) is 0 Å². The molecule has 1 heterocycles. The van der Waals surface area contributed by atoms with Crippen LogP contribution in [0.3, 0.4) is 0 Å². The van der Waals surface area contributed by atoms with Gasteiger partial charge in [0, 0.05) is 11.8 Å². The summed E-state index contributed by atoms with van der Waals surface area (Å²) in [6, 6.07) is 0. The van der Waals surface area contributed by atoms with E-state index in [1.165, 1.54) is 0 Å². The number of aromatic nitrogens is 2. The van der Waals surface area contributed by atoms with Gasteiger partial charge in [0.1, 0.15) is 0 Å². The molecule has 0 saturated heterocycles. The van der Waals surface area contributed by atoms with E-state index in [0.717, 1.165) is 18.4 Å². The minimum atomic E-state index is -0.521. The van der Waals surface area contributed by atoms with Crippen molar-refractivity contribution in [2.45, 2.75) is 18.4 Å². The highest BCUT2D eigenvalue weighted by atomic mass is 16.3. The molecular weight excluding hydrogens is 116 g/mol. The Kier molecular flexibility index (Phi) is 0.754. The van der Waals surface area contributed by atoms with Gasteiger partial charge < -0.3 is 5.11 Å². The number of nitrogens with one attached hydrogen (secondary N) is 1. The molecule has 0 aromatic carbocycles. The highest BCUT2D eigenvalue weighted by molar-refractivity contribution is 5.20. The van der Waals surface area contributed by atoms with Crippen molar-refractivity contribution in [1.82, 2.24) is 10.2 Å². The molecule has 1 aromatic heterocycles. The van der Waals surface area contributed by atoms with Gasteiger partial charge in [-0.05, 0) is 12.8 Å². The predicted octanol–water partition coefficient (Wildman–Crippen LogP) is 0.391. The first-order valence-corrected chi connectivity index (χ1v) is 3.03. The lowest BCUT2D eigenvalue weighted by atomic mass is 10.2. The van der Waals surface area contributed by atoms with Gasteiger partial charge in [-0.25, -0.2) is 0 Å². The van der Waals surface area contributed by atoms with Crippen molar-refractivity contribution < 1.29 is 5.11 Å². The van der Waals surface area contributed by atoms with Gasteiger partial charge >= 0.3 is 0 Å². The van der Waals surface area contributed by atoms with Crippen LogP contribution < -0.4 is 0 Å². The third-order valence-corrected chi connectivity index (χ3v) is 1.76. The first-order chi connectivity index (χ1) is 4.31. The highest BCUT2D eigenvalue weighted by Gasteiger charge is 2.42. The standard InChI is InChI=1S/C6H8N2O/c9-6(1-2-6)5-3-7-8-4-5/h3-4,9H,1-2H2,(H,7,8). The minimum Gasteiger partial charge on any atom is -0.385 e. The molecular formula is C6H8N2O. The summed E-state index contributed by atoms with van der Waals surface area (Å²) in [5, 5.41) is 15.8. The average molecular weight is 124 g/mol. The van der Waals surface area contributed by atoms with Crippen molar-refractivity contribution in [3.8, 4) is 0 Å². The van der Waals surface area contributed by atoms with Crippen LogP contribution >= 0.6 is 0 Å². The molecule has 1 aromatic rings. The van der Waals surface area contributed by atoms with E-state index in [4.69, 9.17) is 0 Å². The number of hydrogen-bond acceptors (Lipinski definition) is 2. The molecule has 1 fully saturated rings. The van der Waals surface area contributed by atoms with Crippen LogP contribution in [-0.4, -0.2) is 15.3 Å². The fourth-order valence-electron chi connectivity index (χ4n) is 0.912. The van der Waals surface area contributed by atoms with Gasteiger partial charge in [0.25, 0.3) is 0 Å². The summed E-state index contributed by atoms with van der Waals surface area (Å²) in [5.41, 5.74) is 0.398. The summed E-state index contributed by atoms with van der Waals surface area (Å²) in [6.07, 6.45) is 5.18. The Morgan fingerprint density at radius 1 is 1.67 bits per heavy atom. The Hall–Kier alpha value is -0.830. The number of H-pyrrole nitrogens is 1. The molecule has 0 atom stereocenters. The first kappa shape index (κ1) is 4.99. The summed E-state index contributed by atoms with van der Waals surface area (Å²) < 4.78 is 0. The second-order valence-corrected chi connectivity index (χ2v) is 2.52. The highest BCUT2D eigenvalue weighted by Crippen LogP contribution is 2.44. The zero-order valence-corrected chi connectivity index (χ0v) is 4.96. The van der Waals surface area contributed by atoms with E-state index < -0.39 is 5.60 Å². The Morgan fingerprint density at radius 2 is 2.44 bits per heavy atom. The van der Waals surface area contributed by atoms with Crippen molar-refractivity contribution in [1.29, 1.82) is 0 Å². The van der Waals surface area contributed by atoms with Crippen LogP contribution in [0.1, 0.15) is 18.4 Å². The molecule has 0 amide bonds. The second-order valence-electron chi connectivity index (χ2n) is 2.52. The topological polar surface area (TPSA) is 48.9 Å². The van der Waals surface area contributed by atoms with Crippen molar-refractivity contribution >= 4 is 0 Å². The molecule has 1 saturated carbocycles. The molecule has 0 spiro atoms. The SMILES string of the molecule is OC1(c2cn[nH]c2)CC1. The van der Waals surface area contributed by atoms with E-state index >= 15 is 0 Å². The van der Waals surface area contributed by atoms with Crippen LogP contribution in [0.2, 0.25) is 0 Å². The van der Waals surface area contributed by atoms with E-state index in [2.05, 4.69) is 10.2 Å². The largest absolute Gasteiger partial charge is 0.385 e. The second kappa shape index (κ2) is 1.36. The fraction of sp³-hybridized carbons (Fsp3) is 0.500. The molecule has 2 N–H and O–H groups in total. The molecule has 0 bridgehead atoms. The maximum Gasteiger partial charge on any atom is 0.0929 e. The Morgan fingerprint density at radius 3 is 2.89 bits per heavy atom. The summed E-state index contributed by atoms with van der Waals surface area (Å²) >= 11 is 0. The zero-order valence-electron chi connectivity index (χ0n) is 4.96. The molecule has 1 aliphatic carbocycles. The normalized spacial score (nSPS) is 21.9. The van der Waals surface area contributed by atoms with Gasteiger partial charge in [-0.1, -0.05) is 0 Å². The number of nitrogens with zero attached hydrogens (tertiary/aromatic N) is 1. The fourth-order valence-corrected chi connectivity index (χ4v) is 0.912. The van der Waals surface area contributed by atoms with Crippen molar-refractivity contribution in [2.24, 2.45) is 0 Å². The molecule has 48 valence electrons. The summed E-state index contributed by atoms with van der Waals surface area (Å²) in [6.45, 7) is 0. The number of aliphatic hydroxyl groups is 1. The molecule has 2 rings (SSSR count). The van der Waals surface area contributed by atoms with Gasteiger partial charge in [0.05, 0.1) is 11.8 Å². The van der Waals surface area contributed by atoms with Crippen LogP contribution in [-0.2, 0) is 5.60 Å². The Balaban J connectivity index is 2.34. The maximum absolute atomic E-state index is 9.43. The third kappa shape index (κ3) is 0.650. The van der Waals surface area contributed by atoms with Gasteiger partial charge in [-0.15, -0.1) is 0 Å². The monoisotopic (exact) mass is 124 g/mol. The lowest BCUT2D eigenvalue weighted by Crippen LogP contribution is -2.01. The van der Waals surface area contributed by atoms with Crippen LogP contribution in [0.5, 0.6) is 0 Å². The van der Waals surface area contributed by atoms with Gasteiger partial charge in [0.2, 0.25) is 0 Å². The number of hydrogen-bond donors (Lipinski definition) is 2. The zero-order chi connectivity index (χ0) is 6.32.